The molecule has 5 nitrogen and oxygen atoms in total. The lowest BCUT2D eigenvalue weighted by Gasteiger charge is -2.09. The van der Waals surface area contributed by atoms with Gasteiger partial charge >= 0.3 is 0 Å². The molecular formula is C51H30N4O. The standard InChI is InChI=1S/C51H30N4O/c1-5-14-33(15-6-1)37-25-28-44-42(30-37)43-31-38(34-16-7-2-8-17-34)26-29-45(43)55(44)46-23-13-22-41-40-27-24-39(32-47(40)56-48(41)46)51-53-49(35-18-9-3-10-19-35)52-50(54-51)36-20-11-4-12-21-36/h1,3-7,9-32H. The largest absolute Gasteiger partial charge is 0.454 e. The first kappa shape index (κ1) is 31.7. The Bertz CT molecular complexity index is 3070. The molecule has 5 heteroatoms. The molecular weight excluding hydrogens is 685 g/mol. The van der Waals surface area contributed by atoms with Crippen LogP contribution in [0.4, 0.5) is 0 Å². The van der Waals surface area contributed by atoms with Crippen molar-refractivity contribution in [3.8, 4) is 62.1 Å². The summed E-state index contributed by atoms with van der Waals surface area (Å²) in [5.41, 5.74) is 12.0. The van der Waals surface area contributed by atoms with E-state index < -0.39 is 0 Å². The number of fused-ring (bicyclic) bond motifs is 6. The highest BCUT2D eigenvalue weighted by Gasteiger charge is 2.20. The first-order chi connectivity index (χ1) is 27.7. The Balaban J connectivity index is 1.10. The van der Waals surface area contributed by atoms with Gasteiger partial charge in [0.25, 0.3) is 0 Å². The molecule has 0 radical (unpaired) electrons. The van der Waals surface area contributed by atoms with Crippen LogP contribution >= 0.6 is 0 Å². The zero-order valence-corrected chi connectivity index (χ0v) is 30.0. The minimum Gasteiger partial charge on any atom is -0.454 e. The SMILES string of the molecule is c1ccc(-c2ccc3c(c2)c2cc(-c4ccccc4)ccc2n3-c2cccc3c2oc2cc(-c4nc(-c5ccccc5)nc(-c5ccccc5)n4)ccc23)cc#1. The van der Waals surface area contributed by atoms with Gasteiger partial charge in [-0.05, 0) is 82.9 Å². The number of nitrogens with zero attached hydrogens (tertiary/aromatic N) is 4. The highest BCUT2D eigenvalue weighted by atomic mass is 16.3. The van der Waals surface area contributed by atoms with Crippen molar-refractivity contribution in [3.63, 3.8) is 0 Å². The van der Waals surface area contributed by atoms with E-state index in [1.54, 1.807) is 0 Å². The fourth-order valence-electron chi connectivity index (χ4n) is 7.84. The molecule has 0 saturated heterocycles. The average molecular weight is 715 g/mol. The fourth-order valence-corrected chi connectivity index (χ4v) is 7.84. The molecule has 0 atom stereocenters. The van der Waals surface area contributed by atoms with Crippen molar-refractivity contribution in [2.75, 3.05) is 0 Å². The van der Waals surface area contributed by atoms with Crippen LogP contribution in [0.15, 0.2) is 186 Å². The topological polar surface area (TPSA) is 56.7 Å². The summed E-state index contributed by atoms with van der Waals surface area (Å²) in [5, 5.41) is 4.40. The molecule has 56 heavy (non-hydrogen) atoms. The van der Waals surface area contributed by atoms with Crippen LogP contribution in [0, 0.1) is 12.1 Å². The Morgan fingerprint density at radius 2 is 0.964 bits per heavy atom. The molecule has 0 amide bonds. The van der Waals surface area contributed by atoms with E-state index >= 15 is 0 Å². The van der Waals surface area contributed by atoms with Gasteiger partial charge in [0.1, 0.15) is 5.58 Å². The lowest BCUT2D eigenvalue weighted by molar-refractivity contribution is 0.666. The maximum atomic E-state index is 6.88. The summed E-state index contributed by atoms with van der Waals surface area (Å²) in [6, 6.07) is 68.9. The van der Waals surface area contributed by atoms with Crippen LogP contribution in [-0.4, -0.2) is 19.5 Å². The van der Waals surface area contributed by atoms with Crippen LogP contribution in [0.2, 0.25) is 0 Å². The number of rotatable bonds is 6. The number of hydrogen-bond donors (Lipinski definition) is 0. The van der Waals surface area contributed by atoms with Crippen molar-refractivity contribution in [2.24, 2.45) is 0 Å². The highest BCUT2D eigenvalue weighted by Crippen LogP contribution is 2.41. The molecule has 0 bridgehead atoms. The van der Waals surface area contributed by atoms with Gasteiger partial charge in [0.2, 0.25) is 0 Å². The van der Waals surface area contributed by atoms with Gasteiger partial charge in [0, 0.05) is 38.2 Å². The molecule has 11 rings (SSSR count). The van der Waals surface area contributed by atoms with Crippen molar-refractivity contribution < 1.29 is 4.42 Å². The van der Waals surface area contributed by atoms with E-state index in [-0.39, 0.29) is 0 Å². The van der Waals surface area contributed by atoms with Crippen LogP contribution in [0.3, 0.4) is 0 Å². The number of para-hydroxylation sites is 1. The van der Waals surface area contributed by atoms with E-state index in [0.717, 1.165) is 71.9 Å². The van der Waals surface area contributed by atoms with Gasteiger partial charge in [-0.25, -0.2) is 15.0 Å². The van der Waals surface area contributed by atoms with Crippen molar-refractivity contribution >= 4 is 43.7 Å². The number of aromatic nitrogens is 4. The fraction of sp³-hybridized carbons (Fsp3) is 0. The molecule has 260 valence electrons. The maximum absolute atomic E-state index is 6.88. The van der Waals surface area contributed by atoms with E-state index in [1.165, 1.54) is 16.5 Å². The number of benzene rings is 7. The first-order valence-electron chi connectivity index (χ1n) is 18.6. The first-order valence-corrected chi connectivity index (χ1v) is 18.6. The normalized spacial score (nSPS) is 11.4. The minimum absolute atomic E-state index is 0.585. The van der Waals surface area contributed by atoms with E-state index in [0.29, 0.717) is 17.5 Å². The summed E-state index contributed by atoms with van der Waals surface area (Å²) < 4.78 is 9.22. The number of furan rings is 1. The van der Waals surface area contributed by atoms with Crippen molar-refractivity contribution in [1.82, 2.24) is 19.5 Å². The number of hydrogen-bond acceptors (Lipinski definition) is 4. The smallest absolute Gasteiger partial charge is 0.164 e. The third-order valence-corrected chi connectivity index (χ3v) is 10.5. The Labute approximate surface area is 322 Å². The summed E-state index contributed by atoms with van der Waals surface area (Å²) in [6.45, 7) is 0. The second-order valence-corrected chi connectivity index (χ2v) is 13.9. The van der Waals surface area contributed by atoms with Gasteiger partial charge in [-0.15, -0.1) is 0 Å². The molecule has 0 spiro atoms. The van der Waals surface area contributed by atoms with Gasteiger partial charge < -0.3 is 8.98 Å². The molecule has 8 aromatic carbocycles. The van der Waals surface area contributed by atoms with E-state index in [4.69, 9.17) is 19.4 Å². The minimum atomic E-state index is 0.585. The molecule has 0 aliphatic carbocycles. The Hall–Kier alpha value is -7.81. The zero-order chi connectivity index (χ0) is 37.0. The summed E-state index contributed by atoms with van der Waals surface area (Å²) in [4.78, 5) is 14.8. The predicted octanol–water partition coefficient (Wildman–Crippen LogP) is 12.8. The average Bonchev–Trinajstić information content (AvgIpc) is 3.82. The molecule has 0 fully saturated rings. The second-order valence-electron chi connectivity index (χ2n) is 13.9. The Morgan fingerprint density at radius 3 is 1.57 bits per heavy atom. The van der Waals surface area contributed by atoms with Crippen LogP contribution in [0.25, 0.3) is 106 Å². The van der Waals surface area contributed by atoms with Crippen molar-refractivity contribution in [1.29, 1.82) is 0 Å². The highest BCUT2D eigenvalue weighted by molar-refractivity contribution is 6.14. The molecule has 0 unspecified atom stereocenters. The van der Waals surface area contributed by atoms with E-state index in [9.17, 15) is 0 Å². The van der Waals surface area contributed by atoms with Crippen LogP contribution < -0.4 is 0 Å². The van der Waals surface area contributed by atoms with E-state index in [2.05, 4.69) is 126 Å². The third kappa shape index (κ3) is 5.32. The molecule has 0 saturated carbocycles. The molecule has 0 aliphatic heterocycles. The Kier molecular flexibility index (Phi) is 7.33. The van der Waals surface area contributed by atoms with Crippen LogP contribution in [0.5, 0.6) is 0 Å². The predicted molar refractivity (Wildman–Crippen MR) is 226 cm³/mol. The second kappa shape index (κ2) is 12.9. The molecule has 0 aliphatic rings. The van der Waals surface area contributed by atoms with Gasteiger partial charge in [-0.3, -0.25) is 0 Å². The third-order valence-electron chi connectivity index (χ3n) is 10.5. The molecule has 3 aromatic heterocycles. The van der Waals surface area contributed by atoms with Crippen LogP contribution in [0.1, 0.15) is 0 Å². The quantitative estimate of drug-likeness (QED) is 0.172. The summed E-state index contributed by atoms with van der Waals surface area (Å²) in [6.07, 6.45) is 0. The molecule has 0 N–H and O–H groups in total. The van der Waals surface area contributed by atoms with Gasteiger partial charge in [-0.2, -0.15) is 0 Å². The van der Waals surface area contributed by atoms with Gasteiger partial charge in [0.05, 0.1) is 16.7 Å². The zero-order valence-electron chi connectivity index (χ0n) is 30.0. The summed E-state index contributed by atoms with van der Waals surface area (Å²) in [7, 11) is 0. The van der Waals surface area contributed by atoms with Crippen LogP contribution in [-0.2, 0) is 0 Å². The summed E-state index contributed by atoms with van der Waals surface area (Å²) in [5.74, 6) is 1.83. The lowest BCUT2D eigenvalue weighted by Crippen LogP contribution is -2.00. The summed E-state index contributed by atoms with van der Waals surface area (Å²) >= 11 is 0. The molecule has 3 heterocycles. The van der Waals surface area contributed by atoms with E-state index in [1.807, 2.05) is 72.8 Å². The lowest BCUT2D eigenvalue weighted by atomic mass is 10.0. The van der Waals surface area contributed by atoms with Gasteiger partial charge in [-0.1, -0.05) is 133 Å². The van der Waals surface area contributed by atoms with Crippen molar-refractivity contribution in [2.45, 2.75) is 0 Å². The van der Waals surface area contributed by atoms with Gasteiger partial charge in [0.15, 0.2) is 23.1 Å². The monoisotopic (exact) mass is 714 g/mol. The Morgan fingerprint density at radius 1 is 0.393 bits per heavy atom. The maximum Gasteiger partial charge on any atom is 0.164 e. The molecule has 11 aromatic rings. The van der Waals surface area contributed by atoms with Crippen molar-refractivity contribution in [3.05, 3.63) is 194 Å².